The molecule has 2 aliphatic rings. The van der Waals surface area contributed by atoms with E-state index in [1.807, 2.05) is 0 Å². The highest BCUT2D eigenvalue weighted by atomic mass is 16.6. The van der Waals surface area contributed by atoms with Crippen molar-refractivity contribution in [2.24, 2.45) is 0 Å². The van der Waals surface area contributed by atoms with Gasteiger partial charge in [-0.15, -0.1) is 0 Å². The zero-order valence-corrected chi connectivity index (χ0v) is 18.6. The van der Waals surface area contributed by atoms with Gasteiger partial charge in [-0.3, -0.25) is 9.59 Å². The molecule has 4 rings (SSSR count). The number of ketones is 1. The third-order valence-electron chi connectivity index (χ3n) is 5.62. The molecule has 1 amide bonds. The number of rotatable bonds is 7. The summed E-state index contributed by atoms with van der Waals surface area (Å²) in [5.74, 6) is 0.152. The van der Waals surface area contributed by atoms with Gasteiger partial charge >= 0.3 is 0 Å². The largest absolute Gasteiger partial charge is 0.507 e. The molecule has 9 nitrogen and oxygen atoms in total. The first kappa shape index (κ1) is 22.5. The lowest BCUT2D eigenvalue weighted by Gasteiger charge is -2.25. The number of carbonyl (C=O) groups is 2. The zero-order valence-electron chi connectivity index (χ0n) is 18.6. The fraction of sp³-hybridized carbons (Fsp3) is 0.333. The molecule has 1 saturated heterocycles. The molecule has 174 valence electrons. The number of aliphatic hydroxyl groups is 1. The molecule has 2 aromatic rings. The molecule has 1 unspecified atom stereocenters. The number of hydrogen-bond donors (Lipinski definition) is 1. The van der Waals surface area contributed by atoms with Gasteiger partial charge in [-0.25, -0.2) is 0 Å². The third-order valence-corrected chi connectivity index (χ3v) is 5.62. The number of benzene rings is 2. The average Bonchev–Trinajstić information content (AvgIpc) is 3.11. The number of fused-ring (bicyclic) bond motifs is 1. The van der Waals surface area contributed by atoms with E-state index in [2.05, 4.69) is 0 Å². The summed E-state index contributed by atoms with van der Waals surface area (Å²) in [5, 5.41) is 11.2. The molecule has 33 heavy (non-hydrogen) atoms. The summed E-state index contributed by atoms with van der Waals surface area (Å²) in [6, 6.07) is 9.15. The molecule has 0 bridgehead atoms. The van der Waals surface area contributed by atoms with Crippen molar-refractivity contribution in [2.75, 3.05) is 47.7 Å². The van der Waals surface area contributed by atoms with Gasteiger partial charge in [0.2, 0.25) is 0 Å². The lowest BCUT2D eigenvalue weighted by Crippen LogP contribution is -2.32. The van der Waals surface area contributed by atoms with Crippen LogP contribution < -0.4 is 18.9 Å². The normalized spacial score (nSPS) is 19.0. The Kier molecular flexibility index (Phi) is 6.41. The van der Waals surface area contributed by atoms with Crippen LogP contribution in [-0.4, -0.2) is 69.4 Å². The summed E-state index contributed by atoms with van der Waals surface area (Å²) >= 11 is 0. The highest BCUT2D eigenvalue weighted by Crippen LogP contribution is 2.42. The van der Waals surface area contributed by atoms with Crippen molar-refractivity contribution >= 4 is 17.4 Å². The molecular formula is C24H25NO8. The van der Waals surface area contributed by atoms with Crippen LogP contribution in [0.4, 0.5) is 0 Å². The van der Waals surface area contributed by atoms with Gasteiger partial charge in [0.15, 0.2) is 23.0 Å². The Bertz CT molecular complexity index is 1110. The number of aliphatic hydroxyl groups excluding tert-OH is 1. The molecule has 0 spiro atoms. The quantitative estimate of drug-likeness (QED) is 0.386. The highest BCUT2D eigenvalue weighted by Gasteiger charge is 2.46. The Hall–Kier alpha value is -3.72. The van der Waals surface area contributed by atoms with E-state index in [0.29, 0.717) is 47.3 Å². The zero-order chi connectivity index (χ0) is 23.5. The molecular weight excluding hydrogens is 430 g/mol. The summed E-state index contributed by atoms with van der Waals surface area (Å²) in [7, 11) is 4.53. The Labute approximate surface area is 191 Å². The van der Waals surface area contributed by atoms with Gasteiger partial charge in [-0.2, -0.15) is 0 Å². The number of methoxy groups -OCH3 is 3. The van der Waals surface area contributed by atoms with E-state index in [4.69, 9.17) is 23.7 Å². The number of ether oxygens (including phenoxy) is 5. The summed E-state index contributed by atoms with van der Waals surface area (Å²) < 4.78 is 27.0. The predicted octanol–water partition coefficient (Wildman–Crippen LogP) is 2.54. The van der Waals surface area contributed by atoms with E-state index in [0.717, 1.165) is 0 Å². The Balaban J connectivity index is 1.85. The van der Waals surface area contributed by atoms with Gasteiger partial charge < -0.3 is 33.7 Å². The van der Waals surface area contributed by atoms with Gasteiger partial charge in [-0.05, 0) is 35.9 Å². The molecule has 1 atom stereocenters. The van der Waals surface area contributed by atoms with Crippen molar-refractivity contribution in [3.63, 3.8) is 0 Å². The van der Waals surface area contributed by atoms with E-state index in [1.165, 1.54) is 26.2 Å². The van der Waals surface area contributed by atoms with Crippen molar-refractivity contribution in [2.45, 2.75) is 6.04 Å². The maximum atomic E-state index is 13.1. The first-order chi connectivity index (χ1) is 16.0. The molecule has 9 heteroatoms. The number of amides is 1. The smallest absolute Gasteiger partial charge is 0.295 e. The van der Waals surface area contributed by atoms with Crippen molar-refractivity contribution in [1.29, 1.82) is 0 Å². The van der Waals surface area contributed by atoms with Gasteiger partial charge in [0, 0.05) is 19.2 Å². The molecule has 2 aliphatic heterocycles. The number of carbonyl (C=O) groups excluding carboxylic acids is 2. The van der Waals surface area contributed by atoms with E-state index < -0.39 is 17.7 Å². The van der Waals surface area contributed by atoms with Crippen LogP contribution in [0.3, 0.4) is 0 Å². The molecule has 0 saturated carbocycles. The van der Waals surface area contributed by atoms with Gasteiger partial charge in [0.05, 0.1) is 32.4 Å². The fourth-order valence-corrected chi connectivity index (χ4v) is 4.02. The SMILES string of the molecule is COCCN1C(=O)C(=O)/C(=C(/O)c2ccc3c(c2)OCCO3)C1c1ccc(OC)c(OC)c1. The molecule has 2 heterocycles. The van der Waals surface area contributed by atoms with Crippen LogP contribution in [0.1, 0.15) is 17.2 Å². The van der Waals surface area contributed by atoms with E-state index in [9.17, 15) is 14.7 Å². The minimum atomic E-state index is -0.840. The van der Waals surface area contributed by atoms with E-state index in [1.54, 1.807) is 36.4 Å². The maximum absolute atomic E-state index is 13.1. The minimum Gasteiger partial charge on any atom is -0.507 e. The Morgan fingerprint density at radius 3 is 2.42 bits per heavy atom. The molecule has 1 N–H and O–H groups in total. The van der Waals surface area contributed by atoms with Crippen LogP contribution in [0.15, 0.2) is 42.0 Å². The second kappa shape index (κ2) is 9.41. The molecule has 1 fully saturated rings. The van der Waals surface area contributed by atoms with Crippen molar-refractivity contribution in [3.05, 3.63) is 53.1 Å². The maximum Gasteiger partial charge on any atom is 0.295 e. The van der Waals surface area contributed by atoms with Crippen LogP contribution in [-0.2, 0) is 14.3 Å². The standard InChI is InChI=1S/C24H25NO8/c1-29-9-8-25-21(14-4-6-16(30-2)18(12-14)31-3)20(23(27)24(25)28)22(26)15-5-7-17-19(13-15)33-11-10-32-17/h4-7,12-13,21,26H,8-11H2,1-3H3/b22-20+. The summed E-state index contributed by atoms with van der Waals surface area (Å²) in [6.07, 6.45) is 0. The van der Waals surface area contributed by atoms with Crippen molar-refractivity contribution in [1.82, 2.24) is 4.90 Å². The first-order valence-corrected chi connectivity index (χ1v) is 10.4. The summed E-state index contributed by atoms with van der Waals surface area (Å²) in [6.45, 7) is 1.20. The van der Waals surface area contributed by atoms with Crippen LogP contribution in [0.2, 0.25) is 0 Å². The van der Waals surface area contributed by atoms with E-state index >= 15 is 0 Å². The average molecular weight is 455 g/mol. The second-order valence-electron chi connectivity index (χ2n) is 7.46. The predicted molar refractivity (Wildman–Crippen MR) is 118 cm³/mol. The fourth-order valence-electron chi connectivity index (χ4n) is 4.02. The Morgan fingerprint density at radius 2 is 1.73 bits per heavy atom. The van der Waals surface area contributed by atoms with Crippen LogP contribution in [0.25, 0.3) is 5.76 Å². The molecule has 0 aliphatic carbocycles. The number of hydrogen-bond acceptors (Lipinski definition) is 8. The van der Waals surface area contributed by atoms with Gasteiger partial charge in [0.1, 0.15) is 19.0 Å². The van der Waals surface area contributed by atoms with Crippen LogP contribution in [0.5, 0.6) is 23.0 Å². The summed E-state index contributed by atoms with van der Waals surface area (Å²) in [4.78, 5) is 27.4. The number of Topliss-reactive ketones (excluding diaryl/α,β-unsaturated/α-hetero) is 1. The molecule has 0 radical (unpaired) electrons. The van der Waals surface area contributed by atoms with Crippen molar-refractivity contribution in [3.8, 4) is 23.0 Å². The van der Waals surface area contributed by atoms with Gasteiger partial charge in [0.25, 0.3) is 11.7 Å². The summed E-state index contributed by atoms with van der Waals surface area (Å²) in [5.41, 5.74) is 0.900. The Morgan fingerprint density at radius 1 is 1.00 bits per heavy atom. The topological polar surface area (TPSA) is 104 Å². The monoisotopic (exact) mass is 455 g/mol. The molecule has 0 aromatic heterocycles. The number of nitrogens with zero attached hydrogens (tertiary/aromatic N) is 1. The van der Waals surface area contributed by atoms with Crippen LogP contribution >= 0.6 is 0 Å². The van der Waals surface area contributed by atoms with Crippen molar-refractivity contribution < 1.29 is 38.4 Å². The second-order valence-corrected chi connectivity index (χ2v) is 7.46. The van der Waals surface area contributed by atoms with Crippen LogP contribution in [0, 0.1) is 0 Å². The lowest BCUT2D eigenvalue weighted by atomic mass is 9.95. The third kappa shape index (κ3) is 4.07. The van der Waals surface area contributed by atoms with Gasteiger partial charge in [-0.1, -0.05) is 6.07 Å². The number of likely N-dealkylation sites (tertiary alicyclic amines) is 1. The minimum absolute atomic E-state index is 0.0278. The first-order valence-electron chi connectivity index (χ1n) is 10.4. The van der Waals surface area contributed by atoms with E-state index in [-0.39, 0.29) is 24.5 Å². The lowest BCUT2D eigenvalue weighted by molar-refractivity contribution is -0.140. The highest BCUT2D eigenvalue weighted by molar-refractivity contribution is 6.46. The molecule has 2 aromatic carbocycles.